The van der Waals surface area contributed by atoms with E-state index in [0.717, 1.165) is 0 Å². The minimum absolute atomic E-state index is 0.0814. The van der Waals surface area contributed by atoms with Gasteiger partial charge in [0.1, 0.15) is 11.3 Å². The van der Waals surface area contributed by atoms with Crippen LogP contribution in [-0.4, -0.2) is 24.1 Å². The Bertz CT molecular complexity index is 557. The van der Waals surface area contributed by atoms with E-state index in [-0.39, 0.29) is 22.0 Å². The maximum atomic E-state index is 11.3. The summed E-state index contributed by atoms with van der Waals surface area (Å²) in [6, 6.07) is 2.54. The predicted molar refractivity (Wildman–Crippen MR) is 67.0 cm³/mol. The van der Waals surface area contributed by atoms with Crippen LogP contribution < -0.4 is 10.1 Å². The minimum atomic E-state index is -1.17. The van der Waals surface area contributed by atoms with E-state index in [4.69, 9.17) is 21.4 Å². The van der Waals surface area contributed by atoms with E-state index in [1.165, 1.54) is 26.2 Å². The summed E-state index contributed by atoms with van der Waals surface area (Å²) >= 11 is 5.86. The fraction of sp³-hybridized carbons (Fsp3) is 0.167. The van der Waals surface area contributed by atoms with E-state index in [1.807, 2.05) is 0 Å². The number of hydrogen-bond donors (Lipinski definition) is 2. The number of carboxylic acid groups (broad SMARTS) is 1. The molecular weight excluding hydrogens is 258 g/mol. The number of hydrogen-bond acceptors (Lipinski definition) is 3. The van der Waals surface area contributed by atoms with Crippen molar-refractivity contribution in [1.82, 2.24) is 0 Å². The lowest BCUT2D eigenvalue weighted by Gasteiger charge is -2.10. The van der Waals surface area contributed by atoms with Crippen LogP contribution in [0.3, 0.4) is 0 Å². The summed E-state index contributed by atoms with van der Waals surface area (Å²) in [6.07, 6.45) is 0. The van der Waals surface area contributed by atoms with Crippen molar-refractivity contribution in [3.63, 3.8) is 0 Å². The lowest BCUT2D eigenvalue weighted by atomic mass is 10.1. The van der Waals surface area contributed by atoms with Gasteiger partial charge in [-0.2, -0.15) is 0 Å². The summed E-state index contributed by atoms with van der Waals surface area (Å²) in [5.74, 6) is 3.11. The Kier molecular flexibility index (Phi) is 4.58. The molecule has 2 N–H and O–H groups in total. The lowest BCUT2D eigenvalue weighted by Crippen LogP contribution is -2.10. The Morgan fingerprint density at radius 1 is 1.44 bits per heavy atom. The van der Waals surface area contributed by atoms with Crippen molar-refractivity contribution in [2.24, 2.45) is 0 Å². The number of rotatable bonds is 3. The van der Waals surface area contributed by atoms with Gasteiger partial charge < -0.3 is 15.2 Å². The van der Waals surface area contributed by atoms with Crippen LogP contribution in [0.2, 0.25) is 5.02 Å². The average Bonchev–Trinajstić information content (AvgIpc) is 2.31. The first-order valence-corrected chi connectivity index (χ1v) is 5.22. The molecule has 0 radical (unpaired) electrons. The van der Waals surface area contributed by atoms with Crippen molar-refractivity contribution in [2.75, 3.05) is 12.4 Å². The Hall–Kier alpha value is -2.19. The van der Waals surface area contributed by atoms with Gasteiger partial charge in [-0.25, -0.2) is 4.79 Å². The Balaban J connectivity index is 3.18. The van der Waals surface area contributed by atoms with E-state index in [1.54, 1.807) is 0 Å². The number of ether oxygens (including phenoxy) is 1. The summed E-state index contributed by atoms with van der Waals surface area (Å²) in [7, 11) is 1.33. The maximum absolute atomic E-state index is 11.3. The second-order valence-corrected chi connectivity index (χ2v) is 3.57. The molecule has 0 fully saturated rings. The van der Waals surface area contributed by atoms with Crippen LogP contribution in [0.15, 0.2) is 12.1 Å². The summed E-state index contributed by atoms with van der Waals surface area (Å²) in [5.41, 5.74) is 0.161. The average molecular weight is 268 g/mol. The molecule has 1 aromatic rings. The van der Waals surface area contributed by atoms with Gasteiger partial charge >= 0.3 is 5.97 Å². The fourth-order valence-corrected chi connectivity index (χ4v) is 1.46. The van der Waals surface area contributed by atoms with E-state index >= 15 is 0 Å². The van der Waals surface area contributed by atoms with Crippen LogP contribution in [0.4, 0.5) is 5.69 Å². The smallest absolute Gasteiger partial charge is 0.339 e. The number of nitrogens with one attached hydrogen (secondary N) is 1. The molecule has 0 heterocycles. The van der Waals surface area contributed by atoms with Gasteiger partial charge in [0.25, 0.3) is 5.91 Å². The molecule has 5 nitrogen and oxygen atoms in total. The number of carbonyl (C=O) groups is 2. The highest BCUT2D eigenvalue weighted by Gasteiger charge is 2.15. The Morgan fingerprint density at radius 3 is 2.61 bits per heavy atom. The molecule has 0 aliphatic carbocycles. The number of benzene rings is 1. The molecule has 0 unspecified atom stereocenters. The lowest BCUT2D eigenvalue weighted by molar-refractivity contribution is -0.111. The molecule has 0 aliphatic heterocycles. The van der Waals surface area contributed by atoms with E-state index in [0.29, 0.717) is 0 Å². The molecule has 0 spiro atoms. The van der Waals surface area contributed by atoms with Gasteiger partial charge in [-0.1, -0.05) is 17.5 Å². The minimum Gasteiger partial charge on any atom is -0.496 e. The molecule has 0 bridgehead atoms. The zero-order valence-electron chi connectivity index (χ0n) is 9.70. The van der Waals surface area contributed by atoms with Crippen LogP contribution in [0.25, 0.3) is 0 Å². The number of carboxylic acids is 1. The Labute approximate surface area is 109 Å². The first-order valence-electron chi connectivity index (χ1n) is 4.84. The quantitative estimate of drug-likeness (QED) is 0.822. The molecule has 0 aromatic heterocycles. The van der Waals surface area contributed by atoms with Crippen LogP contribution >= 0.6 is 11.6 Å². The summed E-state index contributed by atoms with van der Waals surface area (Å²) in [6.45, 7) is 1.52. The van der Waals surface area contributed by atoms with Gasteiger partial charge in [-0.15, -0.1) is 0 Å². The van der Waals surface area contributed by atoms with Crippen LogP contribution in [0.1, 0.15) is 17.3 Å². The highest BCUT2D eigenvalue weighted by Crippen LogP contribution is 2.30. The SMILES string of the molecule is CC#CC(=O)Nc1cc(OC)c(C(=O)O)cc1Cl. The predicted octanol–water partition coefficient (Wildman–Crippen LogP) is 2.01. The van der Waals surface area contributed by atoms with Crippen molar-refractivity contribution >= 4 is 29.2 Å². The van der Waals surface area contributed by atoms with Gasteiger partial charge in [-0.3, -0.25) is 4.79 Å². The molecule has 0 atom stereocenters. The highest BCUT2D eigenvalue weighted by molar-refractivity contribution is 6.34. The van der Waals surface area contributed by atoms with Gasteiger partial charge in [0.2, 0.25) is 0 Å². The molecule has 18 heavy (non-hydrogen) atoms. The summed E-state index contributed by atoms with van der Waals surface area (Å²) in [4.78, 5) is 22.2. The first-order chi connectivity index (χ1) is 8.49. The Morgan fingerprint density at radius 2 is 2.11 bits per heavy atom. The molecule has 1 rings (SSSR count). The van der Waals surface area contributed by atoms with Crippen LogP contribution in [0.5, 0.6) is 5.75 Å². The third kappa shape index (κ3) is 3.15. The summed E-state index contributed by atoms with van der Waals surface area (Å²) in [5, 5.41) is 11.5. The number of methoxy groups -OCH3 is 1. The van der Waals surface area contributed by atoms with Gasteiger partial charge in [0, 0.05) is 6.07 Å². The third-order valence-corrected chi connectivity index (χ3v) is 2.32. The normalized spacial score (nSPS) is 9.06. The molecule has 94 valence electrons. The molecule has 0 saturated carbocycles. The fourth-order valence-electron chi connectivity index (χ4n) is 1.25. The van der Waals surface area contributed by atoms with E-state index < -0.39 is 11.9 Å². The van der Waals surface area contributed by atoms with Crippen molar-refractivity contribution in [2.45, 2.75) is 6.92 Å². The van der Waals surface area contributed by atoms with Crippen LogP contribution in [0, 0.1) is 11.8 Å². The second-order valence-electron chi connectivity index (χ2n) is 3.17. The second kappa shape index (κ2) is 5.94. The number of halogens is 1. The van der Waals surface area contributed by atoms with E-state index in [2.05, 4.69) is 17.2 Å². The van der Waals surface area contributed by atoms with Gasteiger partial charge in [-0.05, 0) is 18.9 Å². The maximum Gasteiger partial charge on any atom is 0.339 e. The van der Waals surface area contributed by atoms with Crippen molar-refractivity contribution < 1.29 is 19.4 Å². The zero-order valence-corrected chi connectivity index (χ0v) is 10.5. The zero-order chi connectivity index (χ0) is 13.7. The molecule has 1 aromatic carbocycles. The highest BCUT2D eigenvalue weighted by atomic mass is 35.5. The van der Waals surface area contributed by atoms with E-state index in [9.17, 15) is 9.59 Å². The number of amides is 1. The molecule has 6 heteroatoms. The topological polar surface area (TPSA) is 75.6 Å². The van der Waals surface area contributed by atoms with Crippen LogP contribution in [-0.2, 0) is 4.79 Å². The number of carbonyl (C=O) groups excluding carboxylic acids is 1. The molecular formula is C12H10ClNO4. The number of aromatic carboxylic acids is 1. The first kappa shape index (κ1) is 13.9. The molecule has 0 saturated heterocycles. The van der Waals surface area contributed by atoms with Crippen molar-refractivity contribution in [3.05, 3.63) is 22.7 Å². The largest absolute Gasteiger partial charge is 0.496 e. The number of anilines is 1. The molecule has 0 aliphatic rings. The van der Waals surface area contributed by atoms with Gasteiger partial charge in [0.05, 0.1) is 17.8 Å². The molecule has 1 amide bonds. The van der Waals surface area contributed by atoms with Crippen molar-refractivity contribution in [1.29, 1.82) is 0 Å². The third-order valence-electron chi connectivity index (χ3n) is 2.01. The van der Waals surface area contributed by atoms with Crippen molar-refractivity contribution in [3.8, 4) is 17.6 Å². The standard InChI is InChI=1S/C12H10ClNO4/c1-3-4-11(15)14-9-6-10(18-2)7(12(16)17)5-8(9)13/h5-6H,1-2H3,(H,14,15)(H,16,17). The van der Waals surface area contributed by atoms with Gasteiger partial charge in [0.15, 0.2) is 0 Å². The monoisotopic (exact) mass is 267 g/mol. The summed E-state index contributed by atoms with van der Waals surface area (Å²) < 4.78 is 4.92.